The summed E-state index contributed by atoms with van der Waals surface area (Å²) in [6, 6.07) is 6.53. The van der Waals surface area contributed by atoms with E-state index in [9.17, 15) is 0 Å². The number of hydrogen-bond acceptors (Lipinski definition) is 4. The Morgan fingerprint density at radius 1 is 1.38 bits per heavy atom. The van der Waals surface area contributed by atoms with Crippen molar-refractivity contribution < 1.29 is 0 Å². The zero-order chi connectivity index (χ0) is 11.0. The summed E-state index contributed by atoms with van der Waals surface area (Å²) < 4.78 is 0. The zero-order valence-corrected chi connectivity index (χ0v) is 9.70. The molecule has 4 heteroatoms. The van der Waals surface area contributed by atoms with Crippen LogP contribution < -0.4 is 5.73 Å². The molecule has 82 valence electrons. The quantitative estimate of drug-likeness (QED) is 0.820. The largest absolute Gasteiger partial charge is 0.324 e. The van der Waals surface area contributed by atoms with Gasteiger partial charge in [0.1, 0.15) is 10.5 Å². The fraction of sp³-hybridized carbons (Fsp3) is 0.333. The first-order chi connectivity index (χ1) is 7.86. The lowest BCUT2D eigenvalue weighted by Gasteiger charge is -2.23. The number of fused-ring (bicyclic) bond motifs is 1. The van der Waals surface area contributed by atoms with Gasteiger partial charge < -0.3 is 5.73 Å². The molecule has 0 saturated carbocycles. The Kier molecular flexibility index (Phi) is 2.46. The Bertz CT molecular complexity index is 493. The molecule has 1 aromatic carbocycles. The molecule has 0 spiro atoms. The molecule has 0 aliphatic heterocycles. The predicted molar refractivity (Wildman–Crippen MR) is 65.2 cm³/mol. The SMILES string of the molecule is NC1CCCc2c(-c3nncs3)cccc21. The molecule has 2 aromatic rings. The molecule has 2 N–H and O–H groups in total. The minimum Gasteiger partial charge on any atom is -0.324 e. The molecular weight excluding hydrogens is 218 g/mol. The molecule has 1 atom stereocenters. The summed E-state index contributed by atoms with van der Waals surface area (Å²) in [5.74, 6) is 0. The van der Waals surface area contributed by atoms with Gasteiger partial charge in [-0.05, 0) is 30.4 Å². The number of aromatic nitrogens is 2. The Morgan fingerprint density at radius 3 is 3.12 bits per heavy atom. The highest BCUT2D eigenvalue weighted by atomic mass is 32.1. The average molecular weight is 231 g/mol. The molecule has 3 nitrogen and oxygen atoms in total. The van der Waals surface area contributed by atoms with E-state index >= 15 is 0 Å². The molecule has 1 aromatic heterocycles. The van der Waals surface area contributed by atoms with E-state index in [1.54, 1.807) is 16.8 Å². The first-order valence-electron chi connectivity index (χ1n) is 5.50. The lowest BCUT2D eigenvalue weighted by molar-refractivity contribution is 0.571. The molecule has 1 heterocycles. The average Bonchev–Trinajstić information content (AvgIpc) is 2.82. The third kappa shape index (κ3) is 1.54. The second-order valence-electron chi connectivity index (χ2n) is 4.12. The van der Waals surface area contributed by atoms with Crippen LogP contribution in [0.25, 0.3) is 10.6 Å². The van der Waals surface area contributed by atoms with Gasteiger partial charge in [-0.1, -0.05) is 29.5 Å². The lowest BCUT2D eigenvalue weighted by Crippen LogP contribution is -2.17. The number of rotatable bonds is 1. The topological polar surface area (TPSA) is 51.8 Å². The van der Waals surface area contributed by atoms with Crippen LogP contribution in [0, 0.1) is 0 Å². The smallest absolute Gasteiger partial charge is 0.147 e. The highest BCUT2D eigenvalue weighted by Gasteiger charge is 2.20. The van der Waals surface area contributed by atoms with Gasteiger partial charge in [-0.2, -0.15) is 0 Å². The normalized spacial score (nSPS) is 19.4. The molecule has 1 aliphatic rings. The van der Waals surface area contributed by atoms with E-state index in [1.807, 2.05) is 0 Å². The van der Waals surface area contributed by atoms with Crippen LogP contribution in [0.15, 0.2) is 23.7 Å². The maximum atomic E-state index is 6.14. The second kappa shape index (κ2) is 3.96. The number of nitrogens with zero attached hydrogens (tertiary/aromatic N) is 2. The third-order valence-electron chi connectivity index (χ3n) is 3.14. The van der Waals surface area contributed by atoms with Crippen molar-refractivity contribution in [1.29, 1.82) is 0 Å². The minimum atomic E-state index is 0.191. The standard InChI is InChI=1S/C12H13N3S/c13-11-6-2-3-8-9(11)4-1-5-10(8)12-15-14-7-16-12/h1,4-5,7,11H,2-3,6,13H2. The number of benzene rings is 1. The summed E-state index contributed by atoms with van der Waals surface area (Å²) >= 11 is 1.59. The summed E-state index contributed by atoms with van der Waals surface area (Å²) in [6.45, 7) is 0. The van der Waals surface area contributed by atoms with Gasteiger partial charge in [-0.25, -0.2) is 0 Å². The van der Waals surface area contributed by atoms with E-state index in [4.69, 9.17) is 5.73 Å². The van der Waals surface area contributed by atoms with E-state index < -0.39 is 0 Å². The summed E-state index contributed by atoms with van der Waals surface area (Å²) in [6.07, 6.45) is 3.37. The van der Waals surface area contributed by atoms with Crippen molar-refractivity contribution in [3.8, 4) is 10.6 Å². The van der Waals surface area contributed by atoms with Crippen molar-refractivity contribution in [2.45, 2.75) is 25.3 Å². The molecule has 0 radical (unpaired) electrons. The van der Waals surface area contributed by atoms with Crippen LogP contribution in [0.2, 0.25) is 0 Å². The van der Waals surface area contributed by atoms with Gasteiger partial charge in [0, 0.05) is 11.6 Å². The van der Waals surface area contributed by atoms with Crippen molar-refractivity contribution in [2.24, 2.45) is 5.73 Å². The molecule has 1 unspecified atom stereocenters. The number of nitrogens with two attached hydrogens (primary N) is 1. The fourth-order valence-electron chi connectivity index (χ4n) is 2.38. The fourth-order valence-corrected chi connectivity index (χ4v) is 2.98. The van der Waals surface area contributed by atoms with Crippen LogP contribution >= 0.6 is 11.3 Å². The molecule has 3 rings (SSSR count). The van der Waals surface area contributed by atoms with Gasteiger partial charge in [0.15, 0.2) is 0 Å². The van der Waals surface area contributed by atoms with Crippen molar-refractivity contribution in [2.75, 3.05) is 0 Å². The highest BCUT2D eigenvalue weighted by molar-refractivity contribution is 7.12. The van der Waals surface area contributed by atoms with Crippen LogP contribution in [0.4, 0.5) is 0 Å². The first kappa shape index (κ1) is 9.93. The Balaban J connectivity index is 2.16. The molecular formula is C12H13N3S. The van der Waals surface area contributed by atoms with Crippen LogP contribution in [-0.4, -0.2) is 10.2 Å². The van der Waals surface area contributed by atoms with Crippen LogP contribution in [0.5, 0.6) is 0 Å². The minimum absolute atomic E-state index is 0.191. The zero-order valence-electron chi connectivity index (χ0n) is 8.89. The predicted octanol–water partition coefficient (Wildman–Crippen LogP) is 2.54. The Morgan fingerprint density at radius 2 is 2.31 bits per heavy atom. The van der Waals surface area contributed by atoms with E-state index in [1.165, 1.54) is 23.1 Å². The van der Waals surface area contributed by atoms with Gasteiger partial charge >= 0.3 is 0 Å². The monoisotopic (exact) mass is 231 g/mol. The van der Waals surface area contributed by atoms with Gasteiger partial charge in [0.25, 0.3) is 0 Å². The van der Waals surface area contributed by atoms with Crippen molar-refractivity contribution in [3.63, 3.8) is 0 Å². The Hall–Kier alpha value is -1.26. The Labute approximate surface area is 98.3 Å². The molecule has 0 amide bonds. The van der Waals surface area contributed by atoms with Crippen LogP contribution in [0.1, 0.15) is 30.0 Å². The van der Waals surface area contributed by atoms with Gasteiger partial charge in [0.05, 0.1) is 0 Å². The van der Waals surface area contributed by atoms with Crippen molar-refractivity contribution >= 4 is 11.3 Å². The van der Waals surface area contributed by atoms with Crippen LogP contribution in [0.3, 0.4) is 0 Å². The van der Waals surface area contributed by atoms with E-state index in [0.717, 1.165) is 17.8 Å². The molecule has 1 aliphatic carbocycles. The van der Waals surface area contributed by atoms with Gasteiger partial charge in [-0.15, -0.1) is 10.2 Å². The summed E-state index contributed by atoms with van der Waals surface area (Å²) in [5.41, 5.74) is 11.8. The van der Waals surface area contributed by atoms with Crippen molar-refractivity contribution in [1.82, 2.24) is 10.2 Å². The molecule has 0 bridgehead atoms. The molecule has 0 saturated heterocycles. The second-order valence-corrected chi connectivity index (χ2v) is 4.95. The molecule has 16 heavy (non-hydrogen) atoms. The van der Waals surface area contributed by atoms with Crippen molar-refractivity contribution in [3.05, 3.63) is 34.8 Å². The van der Waals surface area contributed by atoms with Gasteiger partial charge in [-0.3, -0.25) is 0 Å². The summed E-state index contributed by atoms with van der Waals surface area (Å²) in [4.78, 5) is 0. The number of hydrogen-bond donors (Lipinski definition) is 1. The van der Waals surface area contributed by atoms with Gasteiger partial charge in [0.2, 0.25) is 0 Å². The van der Waals surface area contributed by atoms with E-state index in [0.29, 0.717) is 0 Å². The summed E-state index contributed by atoms with van der Waals surface area (Å²) in [7, 11) is 0. The lowest BCUT2D eigenvalue weighted by atomic mass is 9.85. The van der Waals surface area contributed by atoms with Crippen LogP contribution in [-0.2, 0) is 6.42 Å². The third-order valence-corrected chi connectivity index (χ3v) is 3.87. The highest BCUT2D eigenvalue weighted by Crippen LogP contribution is 2.35. The maximum absolute atomic E-state index is 6.14. The first-order valence-corrected chi connectivity index (χ1v) is 6.38. The van der Waals surface area contributed by atoms with E-state index in [2.05, 4.69) is 28.4 Å². The maximum Gasteiger partial charge on any atom is 0.147 e. The summed E-state index contributed by atoms with van der Waals surface area (Å²) in [5, 5.41) is 9.06. The van der Waals surface area contributed by atoms with E-state index in [-0.39, 0.29) is 6.04 Å². The molecule has 0 fully saturated rings.